The fourth-order valence-corrected chi connectivity index (χ4v) is 5.91. The molecule has 0 aliphatic carbocycles. The Labute approximate surface area is 259 Å². The Morgan fingerprint density at radius 2 is 0.568 bits per heavy atom. The molecular formula is C42H32N2. The van der Waals surface area contributed by atoms with Crippen molar-refractivity contribution in [1.29, 1.82) is 0 Å². The fraction of sp³-hybridized carbons (Fsp3) is 0. The molecule has 0 bridgehead atoms. The van der Waals surface area contributed by atoms with Gasteiger partial charge in [0, 0.05) is 28.3 Å². The summed E-state index contributed by atoms with van der Waals surface area (Å²) in [6.07, 6.45) is 0. The van der Waals surface area contributed by atoms with Crippen molar-refractivity contribution in [2.75, 3.05) is 9.80 Å². The maximum Gasteiger partial charge on any atom is 0.0561 e. The number of benzene rings is 7. The molecule has 7 aromatic rings. The van der Waals surface area contributed by atoms with E-state index in [0.717, 1.165) is 45.3 Å². The summed E-state index contributed by atoms with van der Waals surface area (Å²) in [5.74, 6) is 0. The van der Waals surface area contributed by atoms with Crippen LogP contribution >= 0.6 is 0 Å². The predicted octanol–water partition coefficient (Wildman–Crippen LogP) is 12.0. The third-order valence-electron chi connectivity index (χ3n) is 7.84. The molecule has 0 amide bonds. The monoisotopic (exact) mass is 564 g/mol. The van der Waals surface area contributed by atoms with Crippen LogP contribution in [0.15, 0.2) is 194 Å². The molecule has 7 rings (SSSR count). The summed E-state index contributed by atoms with van der Waals surface area (Å²) < 4.78 is 0. The topological polar surface area (TPSA) is 6.48 Å². The summed E-state index contributed by atoms with van der Waals surface area (Å²) in [5.41, 5.74) is 11.3. The van der Waals surface area contributed by atoms with Gasteiger partial charge in [-0.3, -0.25) is 0 Å². The summed E-state index contributed by atoms with van der Waals surface area (Å²) in [7, 11) is 0. The van der Waals surface area contributed by atoms with E-state index in [4.69, 9.17) is 0 Å². The van der Waals surface area contributed by atoms with Crippen LogP contribution in [0.3, 0.4) is 0 Å². The highest BCUT2D eigenvalue weighted by Gasteiger charge is 2.25. The predicted molar refractivity (Wildman–Crippen MR) is 187 cm³/mol. The number of anilines is 6. The highest BCUT2D eigenvalue weighted by molar-refractivity contribution is 6.02. The van der Waals surface area contributed by atoms with Crippen molar-refractivity contribution in [3.8, 4) is 22.3 Å². The van der Waals surface area contributed by atoms with Crippen molar-refractivity contribution in [2.24, 2.45) is 0 Å². The van der Waals surface area contributed by atoms with Gasteiger partial charge in [-0.05, 0) is 77.4 Å². The molecule has 44 heavy (non-hydrogen) atoms. The lowest BCUT2D eigenvalue weighted by Gasteiger charge is -2.33. The fourth-order valence-electron chi connectivity index (χ4n) is 5.91. The Morgan fingerprint density at radius 1 is 0.250 bits per heavy atom. The smallest absolute Gasteiger partial charge is 0.0561 e. The number of rotatable bonds is 8. The Kier molecular flexibility index (Phi) is 7.71. The van der Waals surface area contributed by atoms with Crippen molar-refractivity contribution in [3.05, 3.63) is 194 Å². The second-order valence-electron chi connectivity index (χ2n) is 10.6. The zero-order chi connectivity index (χ0) is 29.6. The van der Waals surface area contributed by atoms with Gasteiger partial charge in [-0.1, -0.05) is 133 Å². The average molecular weight is 565 g/mol. The number of nitrogens with zero attached hydrogens (tertiary/aromatic N) is 2. The van der Waals surface area contributed by atoms with Gasteiger partial charge in [0.05, 0.1) is 11.4 Å². The molecule has 2 heteroatoms. The van der Waals surface area contributed by atoms with E-state index in [0.29, 0.717) is 0 Å². The van der Waals surface area contributed by atoms with E-state index in [1.165, 1.54) is 11.1 Å². The zero-order valence-electron chi connectivity index (χ0n) is 24.4. The first kappa shape index (κ1) is 27.0. The molecular weight excluding hydrogens is 532 g/mol. The van der Waals surface area contributed by atoms with Crippen LogP contribution in [-0.4, -0.2) is 0 Å². The van der Waals surface area contributed by atoms with Crippen LogP contribution in [0, 0.1) is 0 Å². The van der Waals surface area contributed by atoms with Gasteiger partial charge in [0.15, 0.2) is 0 Å². The molecule has 0 saturated carbocycles. The van der Waals surface area contributed by atoms with E-state index in [-0.39, 0.29) is 0 Å². The van der Waals surface area contributed by atoms with E-state index in [1.54, 1.807) is 0 Å². The molecule has 7 aromatic carbocycles. The first-order valence-electron chi connectivity index (χ1n) is 15.0. The molecule has 0 saturated heterocycles. The van der Waals surface area contributed by atoms with Crippen LogP contribution in [-0.2, 0) is 0 Å². The lowest BCUT2D eigenvalue weighted by Crippen LogP contribution is -2.15. The Morgan fingerprint density at radius 3 is 0.955 bits per heavy atom. The average Bonchev–Trinajstić information content (AvgIpc) is 3.11. The maximum atomic E-state index is 2.37. The van der Waals surface area contributed by atoms with Crippen molar-refractivity contribution in [1.82, 2.24) is 0 Å². The standard InChI is InChI=1S/C42H32N2/c1-6-19-33(20-7-1)38-29-16-17-30-39(38)42-40(43(34-21-8-2-9-22-34)35-23-10-3-11-24-35)31-18-32-41(42)44(36-25-12-4-13-26-36)37-27-14-5-15-28-37/h1-32H. The van der Waals surface area contributed by atoms with Crippen molar-refractivity contribution in [3.63, 3.8) is 0 Å². The van der Waals surface area contributed by atoms with Crippen LogP contribution in [0.5, 0.6) is 0 Å². The van der Waals surface area contributed by atoms with Gasteiger partial charge < -0.3 is 9.80 Å². The van der Waals surface area contributed by atoms with Crippen LogP contribution in [0.1, 0.15) is 0 Å². The molecule has 0 aromatic heterocycles. The Hall–Kier alpha value is -5.86. The van der Waals surface area contributed by atoms with Crippen LogP contribution in [0.2, 0.25) is 0 Å². The van der Waals surface area contributed by atoms with E-state index >= 15 is 0 Å². The lowest BCUT2D eigenvalue weighted by atomic mass is 9.91. The number of hydrogen-bond acceptors (Lipinski definition) is 2. The Balaban J connectivity index is 1.59. The maximum absolute atomic E-state index is 2.37. The van der Waals surface area contributed by atoms with Gasteiger partial charge in [0.1, 0.15) is 0 Å². The molecule has 0 N–H and O–H groups in total. The molecule has 0 unspecified atom stereocenters. The third-order valence-corrected chi connectivity index (χ3v) is 7.84. The quantitative estimate of drug-likeness (QED) is 0.181. The minimum Gasteiger partial charge on any atom is -0.310 e. The normalized spacial score (nSPS) is 10.7. The van der Waals surface area contributed by atoms with Gasteiger partial charge >= 0.3 is 0 Å². The van der Waals surface area contributed by atoms with Crippen molar-refractivity contribution >= 4 is 34.1 Å². The minimum absolute atomic E-state index is 1.10. The summed E-state index contributed by atoms with van der Waals surface area (Å²) in [4.78, 5) is 4.74. The second kappa shape index (κ2) is 12.6. The van der Waals surface area contributed by atoms with Crippen LogP contribution in [0.4, 0.5) is 34.1 Å². The summed E-state index contributed by atoms with van der Waals surface area (Å²) in [6, 6.07) is 68.7. The van der Waals surface area contributed by atoms with E-state index in [9.17, 15) is 0 Å². The molecule has 0 fully saturated rings. The van der Waals surface area contributed by atoms with Crippen molar-refractivity contribution in [2.45, 2.75) is 0 Å². The molecule has 0 aliphatic rings. The molecule has 0 heterocycles. The third kappa shape index (κ3) is 5.37. The first-order valence-corrected chi connectivity index (χ1v) is 15.0. The zero-order valence-corrected chi connectivity index (χ0v) is 24.4. The Bertz CT molecular complexity index is 1760. The van der Waals surface area contributed by atoms with Gasteiger partial charge in [0.2, 0.25) is 0 Å². The SMILES string of the molecule is c1ccc(-c2ccccc2-c2c(N(c3ccccc3)c3ccccc3)cccc2N(c2ccccc2)c2ccccc2)cc1. The largest absolute Gasteiger partial charge is 0.310 e. The lowest BCUT2D eigenvalue weighted by molar-refractivity contribution is 1.25. The van der Waals surface area contributed by atoms with Gasteiger partial charge in [-0.2, -0.15) is 0 Å². The second-order valence-corrected chi connectivity index (χ2v) is 10.6. The van der Waals surface area contributed by atoms with E-state index in [1.807, 2.05) is 0 Å². The molecule has 0 radical (unpaired) electrons. The number of hydrogen-bond donors (Lipinski definition) is 0. The number of para-hydroxylation sites is 4. The molecule has 0 spiro atoms. The minimum atomic E-state index is 1.10. The van der Waals surface area contributed by atoms with E-state index in [2.05, 4.69) is 204 Å². The highest BCUT2D eigenvalue weighted by Crippen LogP contribution is 2.50. The first-order chi connectivity index (χ1) is 21.9. The van der Waals surface area contributed by atoms with Crippen LogP contribution < -0.4 is 9.80 Å². The van der Waals surface area contributed by atoms with E-state index < -0.39 is 0 Å². The summed E-state index contributed by atoms with van der Waals surface area (Å²) >= 11 is 0. The molecule has 0 aliphatic heterocycles. The summed E-state index contributed by atoms with van der Waals surface area (Å²) in [6.45, 7) is 0. The molecule has 210 valence electrons. The van der Waals surface area contributed by atoms with Crippen molar-refractivity contribution < 1.29 is 0 Å². The molecule has 2 nitrogen and oxygen atoms in total. The summed E-state index contributed by atoms with van der Waals surface area (Å²) in [5, 5.41) is 0. The van der Waals surface area contributed by atoms with Gasteiger partial charge in [-0.15, -0.1) is 0 Å². The van der Waals surface area contributed by atoms with Gasteiger partial charge in [0.25, 0.3) is 0 Å². The van der Waals surface area contributed by atoms with Gasteiger partial charge in [-0.25, -0.2) is 0 Å². The molecule has 0 atom stereocenters. The van der Waals surface area contributed by atoms with Crippen LogP contribution in [0.25, 0.3) is 22.3 Å². The highest BCUT2D eigenvalue weighted by atomic mass is 15.2.